The maximum atomic E-state index is 7.08. The van der Waals surface area contributed by atoms with E-state index in [2.05, 4.69) is 150 Å². The minimum atomic E-state index is -2.49. The fourth-order valence-electron chi connectivity index (χ4n) is 11.3. The van der Waals surface area contributed by atoms with Crippen LogP contribution in [0.4, 0.5) is 0 Å². The molecule has 4 aliphatic carbocycles. The monoisotopic (exact) mass is 683 g/mol. The minimum Gasteiger partial charge on any atom is -0.455 e. The van der Waals surface area contributed by atoms with Gasteiger partial charge in [0.2, 0.25) is 0 Å². The molecule has 4 bridgehead atoms. The van der Waals surface area contributed by atoms with Crippen molar-refractivity contribution in [2.45, 2.75) is 49.5 Å². The van der Waals surface area contributed by atoms with E-state index in [0.717, 1.165) is 17.6 Å². The number of aromatic nitrogens is 1. The Morgan fingerprint density at radius 3 is 1.74 bits per heavy atom. The fraction of sp³-hybridized carbons (Fsp3) is 0.217. The number of nitrogens with zero attached hydrogens (tertiary/aromatic N) is 1. The van der Waals surface area contributed by atoms with Crippen molar-refractivity contribution < 1.29 is 4.42 Å². The van der Waals surface area contributed by atoms with Gasteiger partial charge in [-0.25, -0.2) is 0 Å². The molecule has 4 aliphatic rings. The van der Waals surface area contributed by atoms with Gasteiger partial charge in [0.05, 0.1) is 0 Å². The Labute approximate surface area is 297 Å². The largest absolute Gasteiger partial charge is 0.455 e. The Balaban J connectivity index is 1.19. The lowest BCUT2D eigenvalue weighted by molar-refractivity contribution is -0.0587. The smallest absolute Gasteiger partial charge is 0.144 e. The second-order valence-corrected chi connectivity index (χ2v) is 20.0. The topological polar surface area (TPSA) is 18.1 Å². The van der Waals surface area contributed by atoms with Crippen LogP contribution < -0.4 is 15.9 Å². The van der Waals surface area contributed by atoms with Crippen LogP contribution in [0.15, 0.2) is 150 Å². The normalized spacial score (nSPS) is 24.6. The second-order valence-electron chi connectivity index (χ2n) is 15.6. The van der Waals surface area contributed by atoms with E-state index in [9.17, 15) is 0 Å². The molecule has 0 spiro atoms. The van der Waals surface area contributed by atoms with Crippen LogP contribution in [0.2, 0.25) is 0 Å². The molecule has 244 valence electrons. The summed E-state index contributed by atoms with van der Waals surface area (Å²) in [5, 5.41) is 8.81. The number of benzene rings is 6. The van der Waals surface area contributed by atoms with E-state index in [1.165, 1.54) is 86.2 Å². The molecular formula is C46H38NOPS. The van der Waals surface area contributed by atoms with Gasteiger partial charge in [-0.1, -0.05) is 127 Å². The molecule has 2 aromatic heterocycles. The molecule has 4 fully saturated rings. The summed E-state index contributed by atoms with van der Waals surface area (Å²) in [6.07, 6.45) is 7.56. The van der Waals surface area contributed by atoms with Gasteiger partial charge in [0.25, 0.3) is 0 Å². The van der Waals surface area contributed by atoms with Crippen LogP contribution in [0.25, 0.3) is 43.7 Å². The summed E-state index contributed by atoms with van der Waals surface area (Å²) in [6.45, 7) is 0. The van der Waals surface area contributed by atoms with Gasteiger partial charge < -0.3 is 8.98 Å². The van der Waals surface area contributed by atoms with E-state index in [1.54, 1.807) is 0 Å². The van der Waals surface area contributed by atoms with E-state index < -0.39 is 6.04 Å². The Morgan fingerprint density at radius 2 is 1.12 bits per heavy atom. The highest BCUT2D eigenvalue weighted by Gasteiger charge is 2.59. The SMILES string of the molecule is S=P(c1ccccc1)(c1ccccc1)c1cc(C23CC4CC(C2)CC(n2c5ccccc5c5ccccc52)(C4)C3)cc2c1oc1ccccc12. The molecule has 0 radical (unpaired) electrons. The van der Waals surface area contributed by atoms with Crippen LogP contribution in [-0.2, 0) is 22.8 Å². The molecule has 2 atom stereocenters. The standard InChI is InChI=1S/C46H38NOPS/c50-49(34-13-3-1-4-14-34,35-15-5-2-6-16-35)43-25-33(24-39-38-19-9-12-22-42(38)48-44(39)43)45-26-31-23-32(27-45)29-46(28-31,30-45)47-40-20-10-7-17-36(40)37-18-8-11-21-41(37)47/h1-22,24-25,31-32H,23,26-30H2. The third-order valence-electron chi connectivity index (χ3n) is 12.7. The van der Waals surface area contributed by atoms with Crippen LogP contribution >= 0.6 is 6.04 Å². The van der Waals surface area contributed by atoms with Crippen LogP contribution in [0.5, 0.6) is 0 Å². The number of hydrogen-bond donors (Lipinski definition) is 0. The molecule has 0 saturated heterocycles. The van der Waals surface area contributed by atoms with Crippen molar-refractivity contribution in [1.29, 1.82) is 0 Å². The predicted molar refractivity (Wildman–Crippen MR) is 214 cm³/mol. The third kappa shape index (κ3) is 4.00. The van der Waals surface area contributed by atoms with Crippen LogP contribution in [-0.4, -0.2) is 4.57 Å². The first-order chi connectivity index (χ1) is 24.5. The van der Waals surface area contributed by atoms with E-state index in [-0.39, 0.29) is 11.0 Å². The number of para-hydroxylation sites is 3. The van der Waals surface area contributed by atoms with Crippen LogP contribution in [0.3, 0.4) is 0 Å². The Hall–Kier alpha value is -4.43. The van der Waals surface area contributed by atoms with Crippen LogP contribution in [0, 0.1) is 11.8 Å². The van der Waals surface area contributed by atoms with Gasteiger partial charge >= 0.3 is 0 Å². The predicted octanol–water partition coefficient (Wildman–Crippen LogP) is 10.7. The molecule has 2 nitrogen and oxygen atoms in total. The average Bonchev–Trinajstić information content (AvgIpc) is 3.71. The van der Waals surface area contributed by atoms with Gasteiger partial charge in [0, 0.05) is 49.5 Å². The summed E-state index contributed by atoms with van der Waals surface area (Å²) in [5.41, 5.74) is 6.33. The highest BCUT2D eigenvalue weighted by molar-refractivity contribution is 8.25. The highest BCUT2D eigenvalue weighted by atomic mass is 32.4. The zero-order valence-electron chi connectivity index (χ0n) is 28.0. The molecule has 0 N–H and O–H groups in total. The number of fused-ring (bicyclic) bond motifs is 6. The van der Waals surface area contributed by atoms with Gasteiger partial charge in [0.1, 0.15) is 11.2 Å². The molecule has 2 heterocycles. The van der Waals surface area contributed by atoms with E-state index in [4.69, 9.17) is 16.2 Å². The Morgan fingerprint density at radius 1 is 0.580 bits per heavy atom. The summed E-state index contributed by atoms with van der Waals surface area (Å²) < 4.78 is 9.69. The number of furan rings is 1. The highest BCUT2D eigenvalue weighted by Crippen LogP contribution is 2.66. The quantitative estimate of drug-likeness (QED) is 0.168. The summed E-state index contributed by atoms with van der Waals surface area (Å²) in [5.74, 6) is 1.42. The van der Waals surface area contributed by atoms with E-state index in [1.807, 2.05) is 0 Å². The van der Waals surface area contributed by atoms with Gasteiger partial charge in [-0.2, -0.15) is 0 Å². The molecule has 50 heavy (non-hydrogen) atoms. The number of rotatable bonds is 5. The second kappa shape index (κ2) is 10.5. The summed E-state index contributed by atoms with van der Waals surface area (Å²) >= 11 is 7.08. The van der Waals surface area contributed by atoms with Crippen molar-refractivity contribution in [1.82, 2.24) is 4.57 Å². The molecule has 8 aromatic rings. The molecular weight excluding hydrogens is 646 g/mol. The molecule has 4 heteroatoms. The maximum Gasteiger partial charge on any atom is 0.144 e. The Kier molecular flexibility index (Phi) is 6.18. The first-order valence-electron chi connectivity index (χ1n) is 18.2. The zero-order valence-corrected chi connectivity index (χ0v) is 29.7. The summed E-state index contributed by atoms with van der Waals surface area (Å²) in [4.78, 5) is 0. The molecule has 0 aliphatic heterocycles. The van der Waals surface area contributed by atoms with Crippen molar-refractivity contribution in [2.24, 2.45) is 11.8 Å². The van der Waals surface area contributed by atoms with Crippen molar-refractivity contribution in [3.8, 4) is 0 Å². The van der Waals surface area contributed by atoms with Gasteiger partial charge in [-0.05, 0) is 102 Å². The fourth-order valence-corrected chi connectivity index (χ4v) is 15.2. The Bertz CT molecular complexity index is 2560. The van der Waals surface area contributed by atoms with Gasteiger partial charge in [-0.3, -0.25) is 0 Å². The molecule has 4 saturated carbocycles. The van der Waals surface area contributed by atoms with Crippen LogP contribution in [0.1, 0.15) is 44.1 Å². The molecule has 12 rings (SSSR count). The van der Waals surface area contributed by atoms with Gasteiger partial charge in [-0.15, -0.1) is 0 Å². The summed E-state index contributed by atoms with van der Waals surface area (Å²) in [6, 6.07) is 51.2. The number of hydrogen-bond acceptors (Lipinski definition) is 2. The summed E-state index contributed by atoms with van der Waals surface area (Å²) in [7, 11) is 0. The van der Waals surface area contributed by atoms with Crippen molar-refractivity contribution >= 4 is 77.5 Å². The lowest BCUT2D eigenvalue weighted by atomic mass is 9.45. The lowest BCUT2D eigenvalue weighted by Gasteiger charge is -2.63. The molecule has 6 aromatic carbocycles. The van der Waals surface area contributed by atoms with E-state index in [0.29, 0.717) is 11.8 Å². The molecule has 0 amide bonds. The third-order valence-corrected chi connectivity index (χ3v) is 17.7. The first kappa shape index (κ1) is 29.3. The minimum absolute atomic E-state index is 0.0748. The lowest BCUT2D eigenvalue weighted by Crippen LogP contribution is -2.58. The first-order valence-corrected chi connectivity index (χ1v) is 21.0. The van der Waals surface area contributed by atoms with Crippen molar-refractivity contribution in [3.63, 3.8) is 0 Å². The maximum absolute atomic E-state index is 7.08. The van der Waals surface area contributed by atoms with E-state index >= 15 is 0 Å². The van der Waals surface area contributed by atoms with Crippen molar-refractivity contribution in [2.75, 3.05) is 0 Å². The van der Waals surface area contributed by atoms with Crippen molar-refractivity contribution in [3.05, 3.63) is 151 Å². The zero-order chi connectivity index (χ0) is 33.1. The average molecular weight is 684 g/mol. The van der Waals surface area contributed by atoms with Gasteiger partial charge in [0.15, 0.2) is 0 Å². The molecule has 2 unspecified atom stereocenters.